The van der Waals surface area contributed by atoms with Crippen molar-refractivity contribution in [3.05, 3.63) is 109 Å². The van der Waals surface area contributed by atoms with Crippen molar-refractivity contribution in [2.75, 3.05) is 0 Å². The number of rotatable bonds is 4. The van der Waals surface area contributed by atoms with E-state index in [0.717, 1.165) is 16.5 Å². The maximum atomic E-state index is 6.47. The van der Waals surface area contributed by atoms with E-state index in [2.05, 4.69) is 72.8 Å². The summed E-state index contributed by atoms with van der Waals surface area (Å²) in [5.74, 6) is 1.18. The number of nitrogens with zero attached hydrogens (tertiary/aromatic N) is 3. The largest absolute Gasteiger partial charge is 0.208 e. The van der Waals surface area contributed by atoms with Crippen LogP contribution >= 0.6 is 22.7 Å². The van der Waals surface area contributed by atoms with Crippen LogP contribution in [0.15, 0.2) is 109 Å². The second-order valence-electron chi connectivity index (χ2n) is 11.9. The first-order chi connectivity index (χ1) is 23.9. The summed E-state index contributed by atoms with van der Waals surface area (Å²) in [6, 6.07) is 37.9. The lowest BCUT2D eigenvalue weighted by atomic mass is 9.60. The second-order valence-corrected chi connectivity index (χ2v) is 14.1. The Morgan fingerprint density at radius 2 is 0.939 bits per heavy atom. The average Bonchev–Trinajstić information content (AvgIpc) is 3.71. The number of fused-ring (bicyclic) bond motifs is 6. The summed E-state index contributed by atoms with van der Waals surface area (Å²) >= 11 is 3.60. The van der Waals surface area contributed by atoms with Crippen LogP contribution in [0.4, 0.5) is 0 Å². The summed E-state index contributed by atoms with van der Waals surface area (Å²) in [4.78, 5) is 14.6. The minimum atomic E-state index is 0.133. The molecule has 9 rings (SSSR count). The van der Waals surface area contributed by atoms with Crippen LogP contribution in [0.5, 0.6) is 0 Å². The molecule has 0 unspecified atom stereocenters. The fourth-order valence-corrected chi connectivity index (χ4v) is 8.79. The SMILES string of the molecule is [B]c1c([B])c([B])c(-c2nc(-c3ccccc3)nc(-c3ccc4sc5ccc(-c6cccc7c6sc6ccccc67)cc5c4c3)n2)c([B])c1[B]. The van der Waals surface area contributed by atoms with Gasteiger partial charge < -0.3 is 0 Å². The van der Waals surface area contributed by atoms with Gasteiger partial charge in [-0.15, -0.1) is 39.1 Å². The van der Waals surface area contributed by atoms with Crippen molar-refractivity contribution in [3.8, 4) is 45.3 Å². The molecule has 3 aromatic heterocycles. The van der Waals surface area contributed by atoms with Gasteiger partial charge in [-0.1, -0.05) is 83.7 Å². The number of hydrogen-bond donors (Lipinski definition) is 0. The molecule has 3 heterocycles. The minimum absolute atomic E-state index is 0.133. The van der Waals surface area contributed by atoms with Crippen molar-refractivity contribution in [3.63, 3.8) is 0 Å². The zero-order valence-electron chi connectivity index (χ0n) is 25.9. The van der Waals surface area contributed by atoms with Gasteiger partial charge in [0.2, 0.25) is 0 Å². The standard InChI is InChI=1S/C39H18B5N3S2/c40-31-30(32(41)34(43)35(44)33(31)42)39-46-37(19-7-2-1-3-8-19)45-38(47-39)21-14-16-29-26(18-21)25-17-20(13-15-28(25)48-29)22-10-6-11-24-23-9-4-5-12-27(23)49-36(22)24/h1-18H. The highest BCUT2D eigenvalue weighted by atomic mass is 32.1. The van der Waals surface area contributed by atoms with Crippen molar-refractivity contribution in [1.29, 1.82) is 0 Å². The van der Waals surface area contributed by atoms with Gasteiger partial charge in [0.05, 0.1) is 0 Å². The quantitative estimate of drug-likeness (QED) is 0.246. The van der Waals surface area contributed by atoms with Crippen molar-refractivity contribution in [2.45, 2.75) is 0 Å². The fraction of sp³-hybridized carbons (Fsp3) is 0. The Balaban J connectivity index is 1.24. The summed E-state index contributed by atoms with van der Waals surface area (Å²) in [5, 5.41) is 4.85. The van der Waals surface area contributed by atoms with E-state index >= 15 is 0 Å². The molecule has 0 aliphatic carbocycles. The zero-order valence-corrected chi connectivity index (χ0v) is 27.6. The Bertz CT molecular complexity index is 2760. The molecule has 49 heavy (non-hydrogen) atoms. The van der Waals surface area contributed by atoms with Crippen molar-refractivity contribution in [2.24, 2.45) is 0 Å². The highest BCUT2D eigenvalue weighted by Gasteiger charge is 2.19. The third-order valence-corrected chi connectivity index (χ3v) is 11.4. The van der Waals surface area contributed by atoms with Gasteiger partial charge in [-0.05, 0) is 47.5 Å². The molecule has 0 fully saturated rings. The van der Waals surface area contributed by atoms with Crippen LogP contribution in [-0.4, -0.2) is 54.2 Å². The van der Waals surface area contributed by atoms with Gasteiger partial charge in [-0.3, -0.25) is 0 Å². The van der Waals surface area contributed by atoms with Gasteiger partial charge in [-0.25, -0.2) is 15.0 Å². The fourth-order valence-electron chi connectivity index (χ4n) is 6.48. The maximum absolute atomic E-state index is 6.47. The number of hydrogen-bond acceptors (Lipinski definition) is 5. The molecule has 0 aliphatic heterocycles. The smallest absolute Gasteiger partial charge is 0.164 e. The zero-order chi connectivity index (χ0) is 33.4. The second kappa shape index (κ2) is 11.6. The van der Waals surface area contributed by atoms with E-state index in [9.17, 15) is 0 Å². The predicted octanol–water partition coefficient (Wildman–Crippen LogP) is 5.24. The number of benzene rings is 6. The first-order valence-corrected chi connectivity index (χ1v) is 17.2. The van der Waals surface area contributed by atoms with Gasteiger partial charge in [0.25, 0.3) is 0 Å². The Morgan fingerprint density at radius 1 is 0.388 bits per heavy atom. The summed E-state index contributed by atoms with van der Waals surface area (Å²) < 4.78 is 4.95. The lowest BCUT2D eigenvalue weighted by Crippen LogP contribution is -2.55. The summed E-state index contributed by atoms with van der Waals surface area (Å²) in [6.07, 6.45) is 0. The van der Waals surface area contributed by atoms with E-state index < -0.39 is 0 Å². The highest BCUT2D eigenvalue weighted by molar-refractivity contribution is 7.26. The molecule has 0 saturated heterocycles. The molecule has 0 spiro atoms. The molecular weight excluding hydrogens is 629 g/mol. The van der Waals surface area contributed by atoms with E-state index in [1.54, 1.807) is 11.3 Å². The maximum Gasteiger partial charge on any atom is 0.164 e. The molecule has 0 aliphatic rings. The van der Waals surface area contributed by atoms with E-state index in [4.69, 9.17) is 54.2 Å². The minimum Gasteiger partial charge on any atom is -0.208 e. The Hall–Kier alpha value is -4.91. The molecule has 216 valence electrons. The Kier molecular flexibility index (Phi) is 7.15. The lowest BCUT2D eigenvalue weighted by molar-refractivity contribution is 1.08. The summed E-state index contributed by atoms with van der Waals surface area (Å²) in [5.41, 5.74) is 5.09. The topological polar surface area (TPSA) is 38.7 Å². The number of aromatic nitrogens is 3. The van der Waals surface area contributed by atoms with Crippen molar-refractivity contribution >= 4 is 130 Å². The molecule has 9 aromatic rings. The highest BCUT2D eigenvalue weighted by Crippen LogP contribution is 2.42. The van der Waals surface area contributed by atoms with Gasteiger partial charge in [0.15, 0.2) is 17.5 Å². The molecule has 0 N–H and O–H groups in total. The lowest BCUT2D eigenvalue weighted by Gasteiger charge is -2.20. The van der Waals surface area contributed by atoms with E-state index in [1.165, 1.54) is 46.1 Å². The third kappa shape index (κ3) is 4.88. The molecular formula is C39H18B5N3S2. The van der Waals surface area contributed by atoms with Crippen LogP contribution in [0.25, 0.3) is 85.6 Å². The predicted molar refractivity (Wildman–Crippen MR) is 214 cm³/mol. The summed E-state index contributed by atoms with van der Waals surface area (Å²) in [7, 11) is 31.5. The molecule has 0 amide bonds. The van der Waals surface area contributed by atoms with Gasteiger partial charge in [0.1, 0.15) is 39.2 Å². The van der Waals surface area contributed by atoms with Gasteiger partial charge in [-0.2, -0.15) is 0 Å². The van der Waals surface area contributed by atoms with Gasteiger partial charge >= 0.3 is 0 Å². The molecule has 6 aromatic carbocycles. The van der Waals surface area contributed by atoms with Crippen LogP contribution < -0.4 is 27.3 Å². The first-order valence-electron chi connectivity index (χ1n) is 15.6. The first kappa shape index (κ1) is 30.2. The Morgan fingerprint density at radius 3 is 1.67 bits per heavy atom. The van der Waals surface area contributed by atoms with Crippen molar-refractivity contribution in [1.82, 2.24) is 15.0 Å². The van der Waals surface area contributed by atoms with E-state index in [0.29, 0.717) is 17.2 Å². The average molecular weight is 647 g/mol. The number of thiophene rings is 2. The van der Waals surface area contributed by atoms with Crippen LogP contribution in [-0.2, 0) is 0 Å². The van der Waals surface area contributed by atoms with Crippen molar-refractivity contribution < 1.29 is 0 Å². The van der Waals surface area contributed by atoms with Gasteiger partial charge in [0, 0.05) is 57.0 Å². The third-order valence-electron chi connectivity index (χ3n) is 9.03. The van der Waals surface area contributed by atoms with Crippen LogP contribution in [0.2, 0.25) is 0 Å². The van der Waals surface area contributed by atoms with Crippen LogP contribution in [0.1, 0.15) is 0 Å². The normalized spacial score (nSPS) is 11.7. The molecule has 0 bridgehead atoms. The van der Waals surface area contributed by atoms with Crippen LogP contribution in [0, 0.1) is 0 Å². The van der Waals surface area contributed by atoms with E-state index in [-0.39, 0.29) is 33.1 Å². The molecule has 10 radical (unpaired) electrons. The van der Waals surface area contributed by atoms with E-state index in [1.807, 2.05) is 47.7 Å². The molecule has 10 heteroatoms. The Labute approximate surface area is 297 Å². The molecule has 0 saturated carbocycles. The van der Waals surface area contributed by atoms with Crippen LogP contribution in [0.3, 0.4) is 0 Å². The summed E-state index contributed by atoms with van der Waals surface area (Å²) in [6.45, 7) is 0. The molecule has 0 atom stereocenters. The monoisotopic (exact) mass is 647 g/mol. The molecule has 3 nitrogen and oxygen atoms in total.